The summed E-state index contributed by atoms with van der Waals surface area (Å²) in [5.41, 5.74) is -1.42. The largest absolute Gasteiger partial charge is 0.489 e. The molecular formula is C30H31F3N6O5S. The minimum absolute atomic E-state index is 0. The molecule has 0 bridgehead atoms. The molecule has 6 heterocycles. The van der Waals surface area contributed by atoms with E-state index in [1.54, 1.807) is 12.3 Å². The SMILES string of the molecule is F.O=C(NCc1cc2nc(N3CCOc4ccc(N5CCCC5)nc43)ccc2cn1)c1cc(F)c2c(c1)S(=O)(=O)[C@@H](F)CCO2.[HH]. The lowest BCUT2D eigenvalue weighted by Gasteiger charge is -2.30. The first kappa shape index (κ1) is 30.4. The molecule has 0 radical (unpaired) electrons. The van der Waals surface area contributed by atoms with E-state index in [2.05, 4.69) is 15.2 Å². The minimum Gasteiger partial charge on any atom is -0.489 e. The smallest absolute Gasteiger partial charge is 0.251 e. The number of hydrogen-bond acceptors (Lipinski definition) is 10. The predicted molar refractivity (Wildman–Crippen MR) is 162 cm³/mol. The van der Waals surface area contributed by atoms with Gasteiger partial charge in [-0.2, -0.15) is 0 Å². The van der Waals surface area contributed by atoms with Gasteiger partial charge in [0.1, 0.15) is 23.1 Å². The summed E-state index contributed by atoms with van der Waals surface area (Å²) < 4.78 is 65.1. The molecule has 1 aromatic carbocycles. The number of carbonyl (C=O) groups excluding carboxylic acids is 1. The molecular weight excluding hydrogens is 613 g/mol. The molecule has 1 atom stereocenters. The number of nitrogens with one attached hydrogen (secondary N) is 1. The molecule has 15 heteroatoms. The van der Waals surface area contributed by atoms with Crippen molar-refractivity contribution in [3.63, 3.8) is 0 Å². The highest BCUT2D eigenvalue weighted by molar-refractivity contribution is 7.92. The first-order valence-electron chi connectivity index (χ1n) is 14.3. The number of alkyl halides is 1. The second kappa shape index (κ2) is 12.0. The van der Waals surface area contributed by atoms with Crippen LogP contribution in [0.15, 0.2) is 53.6 Å². The van der Waals surface area contributed by atoms with Crippen LogP contribution in [0, 0.1) is 5.82 Å². The van der Waals surface area contributed by atoms with Gasteiger partial charge < -0.3 is 24.6 Å². The van der Waals surface area contributed by atoms with Gasteiger partial charge in [0.15, 0.2) is 23.1 Å². The fraction of sp³-hybridized carbons (Fsp3) is 0.333. The lowest BCUT2D eigenvalue weighted by molar-refractivity contribution is 0.0949. The number of fused-ring (bicyclic) bond motifs is 3. The van der Waals surface area contributed by atoms with E-state index in [-0.39, 0.29) is 24.8 Å². The molecule has 3 aliphatic heterocycles. The summed E-state index contributed by atoms with van der Waals surface area (Å²) in [5, 5.41) is 3.41. The number of rotatable bonds is 5. The van der Waals surface area contributed by atoms with Crippen molar-refractivity contribution in [2.24, 2.45) is 0 Å². The van der Waals surface area contributed by atoms with Gasteiger partial charge >= 0.3 is 0 Å². The lowest BCUT2D eigenvalue weighted by atomic mass is 10.2. The van der Waals surface area contributed by atoms with Crippen molar-refractivity contribution in [2.75, 3.05) is 42.6 Å². The molecule has 45 heavy (non-hydrogen) atoms. The summed E-state index contributed by atoms with van der Waals surface area (Å²) in [6.45, 7) is 2.65. The van der Waals surface area contributed by atoms with E-state index in [4.69, 9.17) is 19.4 Å². The summed E-state index contributed by atoms with van der Waals surface area (Å²) >= 11 is 0. The third-order valence-electron chi connectivity index (χ3n) is 7.91. The van der Waals surface area contributed by atoms with Gasteiger partial charge in [-0.3, -0.25) is 14.5 Å². The standard InChI is InChI=1S/C30H28F2N6O5S.FH.H2/c31-21-13-19(14-24-28(21)43-11-7-25(32)44(24,40)41)30(39)34-17-20-15-22-18(16-33-20)3-5-27(35-22)38-10-12-42-23-4-6-26(36-29(23)38)37-8-1-2-9-37;;/h3-6,13-16,25H,1-2,7-12,17H2,(H,34,39);2*1H/t25-;;/m1../s1. The molecule has 0 spiro atoms. The Morgan fingerprint density at radius 2 is 1.82 bits per heavy atom. The van der Waals surface area contributed by atoms with Crippen LogP contribution in [-0.4, -0.2) is 67.6 Å². The lowest BCUT2D eigenvalue weighted by Crippen LogP contribution is -2.31. The van der Waals surface area contributed by atoms with Gasteiger partial charge in [-0.1, -0.05) is 0 Å². The Hall–Kier alpha value is -4.66. The van der Waals surface area contributed by atoms with Crippen molar-refractivity contribution in [3.05, 3.63) is 65.7 Å². The van der Waals surface area contributed by atoms with Crippen LogP contribution < -0.4 is 24.6 Å². The number of anilines is 3. The van der Waals surface area contributed by atoms with Crippen LogP contribution in [0.3, 0.4) is 0 Å². The number of carbonyl (C=O) groups is 1. The number of amides is 1. The van der Waals surface area contributed by atoms with Crippen LogP contribution in [0.2, 0.25) is 0 Å². The van der Waals surface area contributed by atoms with Gasteiger partial charge in [0, 0.05) is 38.1 Å². The van der Waals surface area contributed by atoms with Gasteiger partial charge in [0.25, 0.3) is 5.91 Å². The zero-order chi connectivity index (χ0) is 30.4. The van der Waals surface area contributed by atoms with Crippen LogP contribution in [0.5, 0.6) is 11.5 Å². The predicted octanol–water partition coefficient (Wildman–Crippen LogP) is 4.47. The molecule has 7 rings (SSSR count). The Morgan fingerprint density at radius 3 is 2.64 bits per heavy atom. The Kier molecular flexibility index (Phi) is 8.12. The van der Waals surface area contributed by atoms with Gasteiger partial charge in [-0.15, -0.1) is 0 Å². The highest BCUT2D eigenvalue weighted by atomic mass is 32.2. The molecule has 238 valence electrons. The zero-order valence-electron chi connectivity index (χ0n) is 23.9. The third kappa shape index (κ3) is 5.67. The monoisotopic (exact) mass is 644 g/mol. The van der Waals surface area contributed by atoms with E-state index in [9.17, 15) is 22.0 Å². The number of nitrogens with zero attached hydrogens (tertiary/aromatic N) is 5. The van der Waals surface area contributed by atoms with Crippen LogP contribution in [0.25, 0.3) is 10.9 Å². The summed E-state index contributed by atoms with van der Waals surface area (Å²) in [7, 11) is -4.52. The van der Waals surface area contributed by atoms with Gasteiger partial charge in [-0.05, 0) is 55.3 Å². The van der Waals surface area contributed by atoms with Crippen LogP contribution in [0.4, 0.5) is 30.9 Å². The average Bonchev–Trinajstić information content (AvgIpc) is 3.55. The number of halogens is 3. The quantitative estimate of drug-likeness (QED) is 0.333. The van der Waals surface area contributed by atoms with Crippen molar-refractivity contribution in [1.29, 1.82) is 0 Å². The Labute approximate surface area is 258 Å². The second-order valence-corrected chi connectivity index (χ2v) is 12.8. The molecule has 1 fully saturated rings. The summed E-state index contributed by atoms with van der Waals surface area (Å²) in [5.74, 6) is 0.592. The number of pyridine rings is 3. The minimum atomic E-state index is -4.52. The van der Waals surface area contributed by atoms with E-state index in [1.165, 1.54) is 0 Å². The molecule has 1 N–H and O–H groups in total. The Morgan fingerprint density at radius 1 is 1.02 bits per heavy atom. The zero-order valence-corrected chi connectivity index (χ0v) is 24.7. The molecule has 0 unspecified atom stereocenters. The van der Waals surface area contributed by atoms with E-state index in [0.717, 1.165) is 49.3 Å². The van der Waals surface area contributed by atoms with Gasteiger partial charge in [-0.25, -0.2) is 27.2 Å². The van der Waals surface area contributed by atoms with E-state index in [1.807, 2.05) is 29.2 Å². The maximum absolute atomic E-state index is 14.7. The van der Waals surface area contributed by atoms with Crippen molar-refractivity contribution >= 4 is 44.1 Å². The summed E-state index contributed by atoms with van der Waals surface area (Å²) in [4.78, 5) is 30.7. The molecule has 0 saturated carbocycles. The average molecular weight is 645 g/mol. The maximum atomic E-state index is 14.7. The van der Waals surface area contributed by atoms with E-state index >= 15 is 0 Å². The molecule has 4 aromatic rings. The van der Waals surface area contributed by atoms with E-state index in [0.29, 0.717) is 41.7 Å². The maximum Gasteiger partial charge on any atom is 0.251 e. The fourth-order valence-electron chi connectivity index (χ4n) is 5.59. The number of sulfone groups is 1. The van der Waals surface area contributed by atoms with Crippen LogP contribution in [-0.2, 0) is 16.4 Å². The van der Waals surface area contributed by atoms with Crippen LogP contribution >= 0.6 is 0 Å². The first-order chi connectivity index (χ1) is 21.3. The Balaban J connectivity index is 0.00000208. The molecule has 0 aliphatic carbocycles. The highest BCUT2D eigenvalue weighted by Crippen LogP contribution is 2.37. The summed E-state index contributed by atoms with van der Waals surface area (Å²) in [6, 6.07) is 11.3. The molecule has 3 aromatic heterocycles. The number of benzene rings is 1. The van der Waals surface area contributed by atoms with Gasteiger partial charge in [0.05, 0.1) is 30.9 Å². The van der Waals surface area contributed by atoms with Crippen molar-refractivity contribution in [3.8, 4) is 11.5 Å². The van der Waals surface area contributed by atoms with Crippen molar-refractivity contribution in [2.45, 2.75) is 36.2 Å². The van der Waals surface area contributed by atoms with Crippen molar-refractivity contribution in [1.82, 2.24) is 20.3 Å². The highest BCUT2D eigenvalue weighted by Gasteiger charge is 2.35. The fourth-order valence-corrected chi connectivity index (χ4v) is 6.98. The molecule has 1 saturated heterocycles. The number of hydrogen-bond donors (Lipinski definition) is 1. The number of aromatic nitrogens is 3. The van der Waals surface area contributed by atoms with Gasteiger partial charge in [0.2, 0.25) is 15.3 Å². The van der Waals surface area contributed by atoms with Crippen LogP contribution in [0.1, 0.15) is 36.7 Å². The third-order valence-corrected chi connectivity index (χ3v) is 9.74. The number of ether oxygens (including phenoxy) is 2. The normalized spacial score (nSPS) is 18.6. The summed E-state index contributed by atoms with van der Waals surface area (Å²) in [6.07, 6.45) is 3.48. The topological polar surface area (TPSA) is 127 Å². The molecule has 11 nitrogen and oxygen atoms in total. The van der Waals surface area contributed by atoms with Crippen molar-refractivity contribution < 1.29 is 37.6 Å². The second-order valence-electron chi connectivity index (χ2n) is 10.8. The first-order valence-corrected chi connectivity index (χ1v) is 15.9. The molecule has 3 aliphatic rings. The Bertz CT molecular complexity index is 1900. The molecule has 1 amide bonds. The van der Waals surface area contributed by atoms with E-state index < -0.39 is 44.1 Å².